The van der Waals surface area contributed by atoms with Crippen molar-refractivity contribution in [2.45, 2.75) is 20.8 Å². The fourth-order valence-corrected chi connectivity index (χ4v) is 1.10. The molecule has 0 saturated carbocycles. The lowest BCUT2D eigenvalue weighted by molar-refractivity contribution is -0.755. The molecule has 0 saturated heterocycles. The number of nitrogens with zero attached hydrogens (tertiary/aromatic N) is 2. The average Bonchev–Trinajstić information content (AvgIpc) is 1.97. The standard InChI is InChI=1S/C8H15N2.HI/c1-6-7(2)10(4,5)8(3)9-6;/h1-5H3;1H/q+1;/p-1. The van der Waals surface area contributed by atoms with E-state index in [9.17, 15) is 0 Å². The van der Waals surface area contributed by atoms with Crippen LogP contribution in [-0.4, -0.2) is 24.4 Å². The van der Waals surface area contributed by atoms with Gasteiger partial charge in [-0.3, -0.25) is 4.48 Å². The van der Waals surface area contributed by atoms with Gasteiger partial charge in [-0.1, -0.05) is 0 Å². The molecule has 1 rings (SSSR count). The highest BCUT2D eigenvalue weighted by Gasteiger charge is 2.30. The molecule has 0 aromatic rings. The number of allylic oxidation sites excluding steroid dienone is 2. The van der Waals surface area contributed by atoms with E-state index in [2.05, 4.69) is 39.9 Å². The summed E-state index contributed by atoms with van der Waals surface area (Å²) in [6.45, 7) is 6.27. The Bertz CT molecular complexity index is 226. The highest BCUT2D eigenvalue weighted by atomic mass is 127. The van der Waals surface area contributed by atoms with Gasteiger partial charge in [0, 0.05) is 13.8 Å². The summed E-state index contributed by atoms with van der Waals surface area (Å²) in [5.41, 5.74) is 2.51. The molecule has 0 unspecified atom stereocenters. The van der Waals surface area contributed by atoms with Gasteiger partial charge in [0.25, 0.3) is 0 Å². The second-order valence-corrected chi connectivity index (χ2v) is 3.28. The van der Waals surface area contributed by atoms with Crippen molar-refractivity contribution < 1.29 is 28.5 Å². The molecule has 11 heavy (non-hydrogen) atoms. The van der Waals surface area contributed by atoms with E-state index in [0.29, 0.717) is 0 Å². The summed E-state index contributed by atoms with van der Waals surface area (Å²) in [5.74, 6) is 1.18. The lowest BCUT2D eigenvalue weighted by atomic mass is 10.3. The summed E-state index contributed by atoms with van der Waals surface area (Å²) in [6.07, 6.45) is 0. The van der Waals surface area contributed by atoms with Gasteiger partial charge in [-0.25, -0.2) is 0 Å². The number of halogens is 1. The Kier molecular flexibility index (Phi) is 3.26. The molecule has 0 bridgehead atoms. The molecule has 0 aliphatic carbocycles. The molecule has 0 fully saturated rings. The minimum Gasteiger partial charge on any atom is -1.00 e. The van der Waals surface area contributed by atoms with E-state index in [4.69, 9.17) is 0 Å². The first-order chi connectivity index (χ1) is 4.46. The zero-order chi connectivity index (χ0) is 7.94. The van der Waals surface area contributed by atoms with Crippen LogP contribution in [0.1, 0.15) is 20.8 Å². The van der Waals surface area contributed by atoms with Crippen LogP contribution < -0.4 is 24.0 Å². The molecule has 0 spiro atoms. The van der Waals surface area contributed by atoms with Crippen molar-refractivity contribution in [3.8, 4) is 0 Å². The highest BCUT2D eigenvalue weighted by molar-refractivity contribution is 5.76. The quantitative estimate of drug-likeness (QED) is 0.384. The SMILES string of the molecule is CC1=NC(C)=C(C)[N+]1(C)C.[I-]. The van der Waals surface area contributed by atoms with E-state index < -0.39 is 0 Å². The van der Waals surface area contributed by atoms with Gasteiger partial charge in [0.2, 0.25) is 5.84 Å². The highest BCUT2D eigenvalue weighted by Crippen LogP contribution is 2.23. The lowest BCUT2D eigenvalue weighted by Gasteiger charge is -2.23. The Morgan fingerprint density at radius 2 is 1.55 bits per heavy atom. The largest absolute Gasteiger partial charge is 1.00 e. The normalized spacial score (nSPS) is 21.4. The molecule has 2 nitrogen and oxygen atoms in total. The maximum absolute atomic E-state index is 4.39. The Labute approximate surface area is 85.6 Å². The topological polar surface area (TPSA) is 12.4 Å². The molecule has 0 aromatic carbocycles. The summed E-state index contributed by atoms with van der Waals surface area (Å²) in [6, 6.07) is 0. The van der Waals surface area contributed by atoms with Crippen molar-refractivity contribution in [1.82, 2.24) is 0 Å². The number of hydrogen-bond donors (Lipinski definition) is 0. The average molecular weight is 266 g/mol. The maximum atomic E-state index is 4.39. The second kappa shape index (κ2) is 3.23. The van der Waals surface area contributed by atoms with Crippen molar-refractivity contribution in [3.05, 3.63) is 11.4 Å². The smallest absolute Gasteiger partial charge is 0.204 e. The fraction of sp³-hybridized carbons (Fsp3) is 0.625. The fourth-order valence-electron chi connectivity index (χ4n) is 1.10. The summed E-state index contributed by atoms with van der Waals surface area (Å²) < 4.78 is 0.839. The molecule has 1 aliphatic heterocycles. The zero-order valence-corrected chi connectivity index (χ0v) is 9.93. The number of aliphatic imine (C=N–C) groups is 1. The first kappa shape index (κ1) is 11.1. The van der Waals surface area contributed by atoms with E-state index >= 15 is 0 Å². The Morgan fingerprint density at radius 1 is 1.09 bits per heavy atom. The lowest BCUT2D eigenvalue weighted by Crippen LogP contribution is -3.00. The molecular formula is C8H15IN2. The number of hydrogen-bond acceptors (Lipinski definition) is 1. The van der Waals surface area contributed by atoms with Crippen LogP contribution in [0.25, 0.3) is 0 Å². The molecule has 1 aliphatic rings. The summed E-state index contributed by atoms with van der Waals surface area (Å²) in [7, 11) is 4.31. The van der Waals surface area contributed by atoms with Crippen LogP contribution in [0.2, 0.25) is 0 Å². The predicted molar refractivity (Wildman–Crippen MR) is 43.6 cm³/mol. The van der Waals surface area contributed by atoms with Crippen LogP contribution in [0, 0.1) is 0 Å². The molecule has 3 heteroatoms. The van der Waals surface area contributed by atoms with Gasteiger partial charge in [0.15, 0.2) is 0 Å². The van der Waals surface area contributed by atoms with Crippen molar-refractivity contribution in [1.29, 1.82) is 0 Å². The van der Waals surface area contributed by atoms with Crippen LogP contribution in [0.15, 0.2) is 16.4 Å². The molecule has 0 amide bonds. The van der Waals surface area contributed by atoms with Crippen LogP contribution in [0.3, 0.4) is 0 Å². The van der Waals surface area contributed by atoms with Crippen LogP contribution in [0.4, 0.5) is 0 Å². The zero-order valence-electron chi connectivity index (χ0n) is 7.77. The van der Waals surface area contributed by atoms with Crippen LogP contribution in [0.5, 0.6) is 0 Å². The van der Waals surface area contributed by atoms with E-state index in [1.165, 1.54) is 17.2 Å². The van der Waals surface area contributed by atoms with E-state index in [1.54, 1.807) is 0 Å². The summed E-state index contributed by atoms with van der Waals surface area (Å²) >= 11 is 0. The van der Waals surface area contributed by atoms with Crippen molar-refractivity contribution in [2.75, 3.05) is 14.1 Å². The monoisotopic (exact) mass is 266 g/mol. The van der Waals surface area contributed by atoms with Gasteiger partial charge in [-0.2, -0.15) is 4.99 Å². The minimum absolute atomic E-state index is 0. The van der Waals surface area contributed by atoms with Crippen molar-refractivity contribution >= 4 is 5.84 Å². The van der Waals surface area contributed by atoms with Crippen LogP contribution >= 0.6 is 0 Å². The second-order valence-electron chi connectivity index (χ2n) is 3.28. The Hall–Kier alpha value is 0.1000. The third kappa shape index (κ3) is 1.64. The summed E-state index contributed by atoms with van der Waals surface area (Å²) in [4.78, 5) is 4.39. The van der Waals surface area contributed by atoms with E-state index in [-0.39, 0.29) is 24.0 Å². The molecule has 0 aromatic heterocycles. The van der Waals surface area contributed by atoms with Crippen molar-refractivity contribution in [3.63, 3.8) is 0 Å². The molecule has 0 N–H and O–H groups in total. The van der Waals surface area contributed by atoms with Gasteiger partial charge < -0.3 is 24.0 Å². The number of rotatable bonds is 0. The molecule has 0 radical (unpaired) electrons. The predicted octanol–water partition coefficient (Wildman–Crippen LogP) is -1.25. The molecular weight excluding hydrogens is 251 g/mol. The molecule has 0 atom stereocenters. The number of amidine groups is 1. The maximum Gasteiger partial charge on any atom is 0.204 e. The molecule has 64 valence electrons. The van der Waals surface area contributed by atoms with E-state index in [0.717, 1.165) is 4.48 Å². The summed E-state index contributed by atoms with van der Waals surface area (Å²) in [5, 5.41) is 0. The van der Waals surface area contributed by atoms with Gasteiger partial charge in [-0.05, 0) is 6.92 Å². The Morgan fingerprint density at radius 3 is 1.64 bits per heavy atom. The van der Waals surface area contributed by atoms with Gasteiger partial charge >= 0.3 is 0 Å². The third-order valence-corrected chi connectivity index (χ3v) is 2.50. The first-order valence-corrected chi connectivity index (χ1v) is 3.54. The van der Waals surface area contributed by atoms with E-state index in [1.807, 2.05) is 0 Å². The van der Waals surface area contributed by atoms with Crippen LogP contribution in [-0.2, 0) is 0 Å². The first-order valence-electron chi connectivity index (χ1n) is 3.54. The van der Waals surface area contributed by atoms with Gasteiger partial charge in [0.1, 0.15) is 5.70 Å². The molecule has 1 heterocycles. The number of quaternary nitrogens is 1. The minimum atomic E-state index is 0. The third-order valence-electron chi connectivity index (χ3n) is 2.50. The van der Waals surface area contributed by atoms with Gasteiger partial charge in [-0.15, -0.1) is 0 Å². The Balaban J connectivity index is 0.000001000. The van der Waals surface area contributed by atoms with Gasteiger partial charge in [0.05, 0.1) is 19.8 Å². The van der Waals surface area contributed by atoms with Crippen molar-refractivity contribution in [2.24, 2.45) is 4.99 Å².